The van der Waals surface area contributed by atoms with E-state index in [1.54, 1.807) is 0 Å². The first kappa shape index (κ1) is 13.6. The van der Waals surface area contributed by atoms with E-state index in [-0.39, 0.29) is 6.04 Å². The molecular formula is C16H26N2. The number of likely N-dealkylation sites (N-methyl/N-ethyl adjacent to an activating group) is 1. The van der Waals surface area contributed by atoms with Gasteiger partial charge in [-0.25, -0.2) is 0 Å². The molecule has 0 bridgehead atoms. The Kier molecular flexibility index (Phi) is 4.41. The molecule has 0 amide bonds. The fraction of sp³-hybridized carbons (Fsp3) is 0.625. The van der Waals surface area contributed by atoms with E-state index in [9.17, 15) is 0 Å². The Hall–Kier alpha value is -0.860. The summed E-state index contributed by atoms with van der Waals surface area (Å²) in [6, 6.07) is 11.8. The number of hydrogen-bond acceptors (Lipinski definition) is 2. The van der Waals surface area contributed by atoms with E-state index in [1.165, 1.54) is 24.8 Å². The van der Waals surface area contributed by atoms with E-state index < -0.39 is 0 Å². The minimum absolute atomic E-state index is 0.108. The zero-order valence-corrected chi connectivity index (χ0v) is 11.8. The standard InChI is InChI=1S/C16H26N2/c1-12(2)16(18(3)14-10-7-11-14)15(17)13-8-5-4-6-9-13/h4-6,8-9,12,14-16H,7,10-11,17H2,1-3H3. The van der Waals surface area contributed by atoms with Gasteiger partial charge in [0.05, 0.1) is 0 Å². The maximum absolute atomic E-state index is 6.52. The molecule has 0 spiro atoms. The van der Waals surface area contributed by atoms with Crippen LogP contribution in [0.3, 0.4) is 0 Å². The summed E-state index contributed by atoms with van der Waals surface area (Å²) < 4.78 is 0. The van der Waals surface area contributed by atoms with Crippen LogP contribution in [0.4, 0.5) is 0 Å². The highest BCUT2D eigenvalue weighted by Gasteiger charge is 2.33. The SMILES string of the molecule is CC(C)C(C(N)c1ccccc1)N(C)C1CCC1. The van der Waals surface area contributed by atoms with Gasteiger partial charge in [-0.3, -0.25) is 4.90 Å². The van der Waals surface area contributed by atoms with Gasteiger partial charge in [0.1, 0.15) is 0 Å². The molecule has 2 heteroatoms. The quantitative estimate of drug-likeness (QED) is 0.864. The van der Waals surface area contributed by atoms with Crippen molar-refractivity contribution in [2.24, 2.45) is 11.7 Å². The van der Waals surface area contributed by atoms with E-state index in [0.29, 0.717) is 12.0 Å². The largest absolute Gasteiger partial charge is 0.323 e. The highest BCUT2D eigenvalue weighted by molar-refractivity contribution is 5.20. The molecule has 1 fully saturated rings. The summed E-state index contributed by atoms with van der Waals surface area (Å²) in [4.78, 5) is 2.52. The van der Waals surface area contributed by atoms with Gasteiger partial charge in [0.25, 0.3) is 0 Å². The van der Waals surface area contributed by atoms with Gasteiger partial charge in [0.15, 0.2) is 0 Å². The Balaban J connectivity index is 2.14. The van der Waals surface area contributed by atoms with Crippen molar-refractivity contribution in [1.29, 1.82) is 0 Å². The van der Waals surface area contributed by atoms with Crippen molar-refractivity contribution in [2.45, 2.75) is 51.2 Å². The maximum Gasteiger partial charge on any atom is 0.0455 e. The Labute approximate surface area is 111 Å². The molecule has 1 aromatic rings. The zero-order chi connectivity index (χ0) is 13.1. The van der Waals surface area contributed by atoms with Gasteiger partial charge in [0, 0.05) is 18.1 Å². The fourth-order valence-corrected chi connectivity index (χ4v) is 3.05. The lowest BCUT2D eigenvalue weighted by molar-refractivity contribution is 0.0692. The Bertz CT molecular complexity index is 357. The summed E-state index contributed by atoms with van der Waals surface area (Å²) in [6.45, 7) is 4.56. The van der Waals surface area contributed by atoms with Crippen molar-refractivity contribution in [2.75, 3.05) is 7.05 Å². The minimum Gasteiger partial charge on any atom is -0.323 e. The second-order valence-corrected chi connectivity index (χ2v) is 5.92. The molecule has 2 atom stereocenters. The summed E-state index contributed by atoms with van der Waals surface area (Å²) in [6.07, 6.45) is 4.04. The van der Waals surface area contributed by atoms with Crippen LogP contribution >= 0.6 is 0 Å². The number of rotatable bonds is 5. The van der Waals surface area contributed by atoms with E-state index >= 15 is 0 Å². The van der Waals surface area contributed by atoms with Crippen molar-refractivity contribution in [3.05, 3.63) is 35.9 Å². The summed E-state index contributed by atoms with van der Waals surface area (Å²) in [7, 11) is 2.25. The van der Waals surface area contributed by atoms with Crippen LogP contribution < -0.4 is 5.73 Å². The summed E-state index contributed by atoms with van der Waals surface area (Å²) in [5.41, 5.74) is 7.77. The monoisotopic (exact) mass is 246 g/mol. The summed E-state index contributed by atoms with van der Waals surface area (Å²) in [5, 5.41) is 0. The lowest BCUT2D eigenvalue weighted by atomic mass is 9.85. The Morgan fingerprint density at radius 1 is 1.17 bits per heavy atom. The van der Waals surface area contributed by atoms with Crippen LogP contribution in [0.1, 0.15) is 44.7 Å². The van der Waals surface area contributed by atoms with Crippen molar-refractivity contribution in [3.63, 3.8) is 0 Å². The molecule has 2 rings (SSSR count). The van der Waals surface area contributed by atoms with Gasteiger partial charge in [-0.1, -0.05) is 50.6 Å². The van der Waals surface area contributed by atoms with E-state index in [4.69, 9.17) is 5.73 Å². The molecule has 0 heterocycles. The lowest BCUT2D eigenvalue weighted by Gasteiger charge is -2.44. The predicted molar refractivity (Wildman–Crippen MR) is 77.4 cm³/mol. The molecule has 18 heavy (non-hydrogen) atoms. The number of nitrogens with two attached hydrogens (primary N) is 1. The summed E-state index contributed by atoms with van der Waals surface area (Å²) >= 11 is 0. The van der Waals surface area contributed by atoms with Crippen molar-refractivity contribution in [1.82, 2.24) is 4.90 Å². The Morgan fingerprint density at radius 2 is 1.78 bits per heavy atom. The van der Waals surface area contributed by atoms with Gasteiger partial charge in [-0.05, 0) is 31.4 Å². The highest BCUT2D eigenvalue weighted by atomic mass is 15.2. The second kappa shape index (κ2) is 5.85. The molecule has 1 aromatic carbocycles. The first-order valence-corrected chi connectivity index (χ1v) is 7.13. The molecule has 100 valence electrons. The van der Waals surface area contributed by atoms with Crippen LogP contribution in [0.15, 0.2) is 30.3 Å². The van der Waals surface area contributed by atoms with Crippen molar-refractivity contribution >= 4 is 0 Å². The van der Waals surface area contributed by atoms with Crippen LogP contribution in [0.5, 0.6) is 0 Å². The third-order valence-electron chi connectivity index (χ3n) is 4.36. The average molecular weight is 246 g/mol. The second-order valence-electron chi connectivity index (χ2n) is 5.92. The minimum atomic E-state index is 0.108. The molecule has 2 N–H and O–H groups in total. The van der Waals surface area contributed by atoms with Crippen LogP contribution in [0, 0.1) is 5.92 Å². The number of benzene rings is 1. The molecule has 0 radical (unpaired) electrons. The molecular weight excluding hydrogens is 220 g/mol. The van der Waals surface area contributed by atoms with E-state index in [0.717, 1.165) is 6.04 Å². The number of hydrogen-bond donors (Lipinski definition) is 1. The predicted octanol–water partition coefficient (Wildman–Crippen LogP) is 3.20. The highest BCUT2D eigenvalue weighted by Crippen LogP contribution is 2.31. The summed E-state index contributed by atoms with van der Waals surface area (Å²) in [5.74, 6) is 0.575. The first-order chi connectivity index (χ1) is 8.61. The van der Waals surface area contributed by atoms with Gasteiger partial charge in [0.2, 0.25) is 0 Å². The van der Waals surface area contributed by atoms with Gasteiger partial charge in [-0.2, -0.15) is 0 Å². The average Bonchev–Trinajstić information content (AvgIpc) is 2.27. The van der Waals surface area contributed by atoms with Crippen LogP contribution in [0.25, 0.3) is 0 Å². The third-order valence-corrected chi connectivity index (χ3v) is 4.36. The van der Waals surface area contributed by atoms with Gasteiger partial charge < -0.3 is 5.73 Å². The topological polar surface area (TPSA) is 29.3 Å². The van der Waals surface area contributed by atoms with E-state index in [2.05, 4.69) is 56.1 Å². The molecule has 1 saturated carbocycles. The fourth-order valence-electron chi connectivity index (χ4n) is 3.05. The first-order valence-electron chi connectivity index (χ1n) is 7.13. The van der Waals surface area contributed by atoms with Crippen LogP contribution in [0.2, 0.25) is 0 Å². The third kappa shape index (κ3) is 2.76. The normalized spacial score (nSPS) is 19.9. The lowest BCUT2D eigenvalue weighted by Crippen LogP contribution is -2.51. The molecule has 2 unspecified atom stereocenters. The van der Waals surface area contributed by atoms with Crippen molar-refractivity contribution < 1.29 is 0 Å². The molecule has 2 nitrogen and oxygen atoms in total. The van der Waals surface area contributed by atoms with E-state index in [1.807, 2.05) is 0 Å². The van der Waals surface area contributed by atoms with Crippen molar-refractivity contribution in [3.8, 4) is 0 Å². The Morgan fingerprint density at radius 3 is 2.22 bits per heavy atom. The number of nitrogens with zero attached hydrogens (tertiary/aromatic N) is 1. The molecule has 0 aromatic heterocycles. The smallest absolute Gasteiger partial charge is 0.0455 e. The molecule has 1 aliphatic carbocycles. The zero-order valence-electron chi connectivity index (χ0n) is 11.8. The maximum atomic E-state index is 6.52. The van der Waals surface area contributed by atoms with Gasteiger partial charge in [-0.15, -0.1) is 0 Å². The van der Waals surface area contributed by atoms with Crippen LogP contribution in [-0.4, -0.2) is 24.0 Å². The molecule has 1 aliphatic rings. The molecule has 0 aliphatic heterocycles. The molecule has 0 saturated heterocycles. The van der Waals surface area contributed by atoms with Gasteiger partial charge >= 0.3 is 0 Å². The van der Waals surface area contributed by atoms with Crippen LogP contribution in [-0.2, 0) is 0 Å².